The summed E-state index contributed by atoms with van der Waals surface area (Å²) in [4.78, 5) is 4.18. The molecule has 0 aromatic carbocycles. The van der Waals surface area contributed by atoms with Crippen LogP contribution in [0.1, 0.15) is 18.4 Å². The van der Waals surface area contributed by atoms with Crippen LogP contribution in [0.15, 0.2) is 29.3 Å². The molecule has 1 saturated carbocycles. The number of nitrogens with two attached hydrogens (primary N) is 1. The number of rotatable bonds is 1. The van der Waals surface area contributed by atoms with E-state index in [4.69, 9.17) is 5.73 Å². The van der Waals surface area contributed by atoms with Gasteiger partial charge in [-0.05, 0) is 40.4 Å². The van der Waals surface area contributed by atoms with Crippen LogP contribution in [-0.4, -0.2) is 9.38 Å². The summed E-state index contributed by atoms with van der Waals surface area (Å²) in [6, 6.07) is 4.15. The van der Waals surface area contributed by atoms with E-state index in [0.717, 1.165) is 23.0 Å². The Morgan fingerprint density at radius 3 is 2.93 bits per heavy atom. The zero-order valence-electron chi connectivity index (χ0n) is 7.57. The minimum absolute atomic E-state index is 0.0645. The molecule has 0 amide bonds. The minimum atomic E-state index is -0.0645. The van der Waals surface area contributed by atoms with Crippen molar-refractivity contribution < 1.29 is 0 Å². The van der Waals surface area contributed by atoms with E-state index in [1.165, 1.54) is 5.56 Å². The SMILES string of the molecule is NC1(c2ccc3c(Br)ncn3c2)CC1. The molecule has 3 rings (SSSR count). The maximum atomic E-state index is 6.12. The molecule has 0 unspecified atom stereocenters. The topological polar surface area (TPSA) is 43.3 Å². The minimum Gasteiger partial charge on any atom is -0.321 e. The first kappa shape index (κ1) is 8.44. The molecule has 72 valence electrons. The molecular weight excluding hydrogens is 242 g/mol. The standard InChI is InChI=1S/C10H10BrN3/c11-9-8-2-1-7(10(12)3-4-10)5-14(8)6-13-9/h1-2,5-6H,3-4,12H2. The second-order valence-electron chi connectivity index (χ2n) is 3.90. The Hall–Kier alpha value is -0.870. The predicted molar refractivity (Wildman–Crippen MR) is 58.0 cm³/mol. The number of halogens is 1. The van der Waals surface area contributed by atoms with E-state index in [-0.39, 0.29) is 5.54 Å². The van der Waals surface area contributed by atoms with Gasteiger partial charge < -0.3 is 10.1 Å². The van der Waals surface area contributed by atoms with Crippen LogP contribution in [0.2, 0.25) is 0 Å². The van der Waals surface area contributed by atoms with Gasteiger partial charge in [-0.1, -0.05) is 6.07 Å². The lowest BCUT2D eigenvalue weighted by molar-refractivity contribution is 0.733. The summed E-state index contributed by atoms with van der Waals surface area (Å²) < 4.78 is 2.89. The molecule has 0 saturated heterocycles. The second-order valence-corrected chi connectivity index (χ2v) is 4.65. The lowest BCUT2D eigenvalue weighted by atomic mass is 10.1. The van der Waals surface area contributed by atoms with Crippen LogP contribution in [0.3, 0.4) is 0 Å². The van der Waals surface area contributed by atoms with Crippen LogP contribution in [0.5, 0.6) is 0 Å². The Labute approximate surface area is 90.1 Å². The first-order valence-corrected chi connectivity index (χ1v) is 5.40. The van der Waals surface area contributed by atoms with E-state index >= 15 is 0 Å². The van der Waals surface area contributed by atoms with E-state index in [9.17, 15) is 0 Å². The van der Waals surface area contributed by atoms with E-state index in [2.05, 4.69) is 39.2 Å². The number of nitrogens with zero attached hydrogens (tertiary/aromatic N) is 2. The van der Waals surface area contributed by atoms with E-state index in [0.29, 0.717) is 0 Å². The van der Waals surface area contributed by atoms with Crippen LogP contribution in [0.25, 0.3) is 5.52 Å². The number of hydrogen-bond donors (Lipinski definition) is 1. The van der Waals surface area contributed by atoms with Gasteiger partial charge in [0.1, 0.15) is 10.9 Å². The fourth-order valence-electron chi connectivity index (χ4n) is 1.68. The number of fused-ring (bicyclic) bond motifs is 1. The van der Waals surface area contributed by atoms with Gasteiger partial charge >= 0.3 is 0 Å². The highest BCUT2D eigenvalue weighted by Crippen LogP contribution is 2.42. The molecule has 2 aromatic heterocycles. The average molecular weight is 252 g/mol. The molecule has 0 spiro atoms. The molecular formula is C10H10BrN3. The summed E-state index contributed by atoms with van der Waals surface area (Å²) in [5.41, 5.74) is 8.34. The molecule has 0 bridgehead atoms. The molecule has 3 nitrogen and oxygen atoms in total. The molecule has 0 aliphatic heterocycles. The van der Waals surface area contributed by atoms with Crippen LogP contribution in [0, 0.1) is 0 Å². The van der Waals surface area contributed by atoms with Crippen LogP contribution < -0.4 is 5.73 Å². The van der Waals surface area contributed by atoms with Gasteiger partial charge in [0.15, 0.2) is 0 Å². The van der Waals surface area contributed by atoms with Crippen molar-refractivity contribution in [2.45, 2.75) is 18.4 Å². The molecule has 14 heavy (non-hydrogen) atoms. The fraction of sp³-hybridized carbons (Fsp3) is 0.300. The van der Waals surface area contributed by atoms with Crippen molar-refractivity contribution in [1.82, 2.24) is 9.38 Å². The monoisotopic (exact) mass is 251 g/mol. The fourth-order valence-corrected chi connectivity index (χ4v) is 2.11. The van der Waals surface area contributed by atoms with Crippen LogP contribution >= 0.6 is 15.9 Å². The Morgan fingerprint density at radius 1 is 1.43 bits per heavy atom. The van der Waals surface area contributed by atoms with Crippen molar-refractivity contribution in [2.24, 2.45) is 5.73 Å². The van der Waals surface area contributed by atoms with Gasteiger partial charge in [0.2, 0.25) is 0 Å². The second kappa shape index (κ2) is 2.58. The third-order valence-electron chi connectivity index (χ3n) is 2.85. The smallest absolute Gasteiger partial charge is 0.131 e. The molecule has 2 heterocycles. The number of imidazole rings is 1. The molecule has 0 radical (unpaired) electrons. The van der Waals surface area contributed by atoms with Gasteiger partial charge in [-0.25, -0.2) is 4.98 Å². The molecule has 1 aliphatic rings. The van der Waals surface area contributed by atoms with Gasteiger partial charge in [0.05, 0.1) is 5.52 Å². The number of aromatic nitrogens is 2. The zero-order chi connectivity index (χ0) is 9.76. The Kier molecular flexibility index (Phi) is 1.56. The largest absolute Gasteiger partial charge is 0.321 e. The molecule has 2 aromatic rings. The van der Waals surface area contributed by atoms with Crippen molar-refractivity contribution in [2.75, 3.05) is 0 Å². The van der Waals surface area contributed by atoms with Crippen molar-refractivity contribution in [3.05, 3.63) is 34.8 Å². The quantitative estimate of drug-likeness (QED) is 0.844. The highest BCUT2D eigenvalue weighted by molar-refractivity contribution is 9.10. The van der Waals surface area contributed by atoms with Gasteiger partial charge in [-0.2, -0.15) is 0 Å². The first-order valence-electron chi connectivity index (χ1n) is 4.61. The van der Waals surface area contributed by atoms with Gasteiger partial charge in [-0.15, -0.1) is 0 Å². The van der Waals surface area contributed by atoms with Gasteiger partial charge in [-0.3, -0.25) is 0 Å². The third kappa shape index (κ3) is 1.11. The van der Waals surface area contributed by atoms with Gasteiger partial charge in [0, 0.05) is 11.7 Å². The normalized spacial score (nSPS) is 18.7. The maximum absolute atomic E-state index is 6.12. The van der Waals surface area contributed by atoms with Crippen molar-refractivity contribution in [3.8, 4) is 0 Å². The van der Waals surface area contributed by atoms with Crippen molar-refractivity contribution in [1.29, 1.82) is 0 Å². The van der Waals surface area contributed by atoms with E-state index in [1.807, 2.05) is 4.40 Å². The summed E-state index contributed by atoms with van der Waals surface area (Å²) in [5.74, 6) is 0. The summed E-state index contributed by atoms with van der Waals surface area (Å²) in [6.45, 7) is 0. The van der Waals surface area contributed by atoms with Crippen molar-refractivity contribution in [3.63, 3.8) is 0 Å². The van der Waals surface area contributed by atoms with Crippen LogP contribution in [0.4, 0.5) is 0 Å². The van der Waals surface area contributed by atoms with Crippen LogP contribution in [-0.2, 0) is 5.54 Å². The summed E-state index contributed by atoms with van der Waals surface area (Å²) in [6.07, 6.45) is 6.05. The highest BCUT2D eigenvalue weighted by Gasteiger charge is 2.40. The summed E-state index contributed by atoms with van der Waals surface area (Å²) in [7, 11) is 0. The highest BCUT2D eigenvalue weighted by atomic mass is 79.9. The molecule has 4 heteroatoms. The molecule has 1 fully saturated rings. The Bertz CT molecular complexity index is 499. The molecule has 1 aliphatic carbocycles. The molecule has 0 atom stereocenters. The summed E-state index contributed by atoms with van der Waals surface area (Å²) >= 11 is 3.39. The Balaban J connectivity index is 2.21. The van der Waals surface area contributed by atoms with E-state index in [1.54, 1.807) is 6.33 Å². The predicted octanol–water partition coefficient (Wildman–Crippen LogP) is 2.04. The third-order valence-corrected chi connectivity index (χ3v) is 3.46. The lowest BCUT2D eigenvalue weighted by Crippen LogP contribution is -2.18. The average Bonchev–Trinajstić information content (AvgIpc) is 2.84. The lowest BCUT2D eigenvalue weighted by Gasteiger charge is -2.08. The molecule has 2 N–H and O–H groups in total. The number of pyridine rings is 1. The maximum Gasteiger partial charge on any atom is 0.131 e. The Morgan fingerprint density at radius 2 is 2.21 bits per heavy atom. The van der Waals surface area contributed by atoms with E-state index < -0.39 is 0 Å². The van der Waals surface area contributed by atoms with Gasteiger partial charge in [0.25, 0.3) is 0 Å². The number of hydrogen-bond acceptors (Lipinski definition) is 2. The van der Waals surface area contributed by atoms with Crippen molar-refractivity contribution >= 4 is 21.4 Å². The zero-order valence-corrected chi connectivity index (χ0v) is 9.16. The first-order chi connectivity index (χ1) is 6.69. The summed E-state index contributed by atoms with van der Waals surface area (Å²) in [5, 5.41) is 0.